The third-order valence-electron chi connectivity index (χ3n) is 3.55. The summed E-state index contributed by atoms with van der Waals surface area (Å²) >= 11 is 0. The lowest BCUT2D eigenvalue weighted by atomic mass is 10.8. The van der Waals surface area contributed by atoms with Gasteiger partial charge in [-0.25, -0.2) is 0 Å². The van der Waals surface area contributed by atoms with Crippen LogP contribution in [-0.4, -0.2) is 65.0 Å². The molecule has 150 valence electrons. The fourth-order valence-electron chi connectivity index (χ4n) is 1.66. The van der Waals surface area contributed by atoms with E-state index in [2.05, 4.69) is 59.0 Å². The van der Waals surface area contributed by atoms with Crippen molar-refractivity contribution < 1.29 is 12.3 Å². The average Bonchev–Trinajstić information content (AvgIpc) is 2.48. The van der Waals surface area contributed by atoms with Gasteiger partial charge in [0.25, 0.3) is 0 Å². The minimum Gasteiger partial charge on any atom is -0.464 e. The first-order chi connectivity index (χ1) is 11.4. The van der Waals surface area contributed by atoms with Crippen LogP contribution in [0, 0.1) is 0 Å². The molecule has 3 nitrogen and oxygen atoms in total. The van der Waals surface area contributed by atoms with Crippen LogP contribution < -0.4 is 0 Å². The van der Waals surface area contributed by atoms with Gasteiger partial charge in [-0.1, -0.05) is 18.2 Å². The monoisotopic (exact) mass is 468 g/mol. The molecule has 0 saturated heterocycles. The molecule has 0 unspecified atom stereocenters. The van der Waals surface area contributed by atoms with Crippen LogP contribution >= 0.6 is 0 Å². The molecule has 0 amide bonds. The SMILES string of the molecule is C=CC[Si](C)(C)O[SiH2][SiH3].C=CC[Si](C)(C)O[SiH3].C=CC[Si](C)(C)O[SiH3]. The van der Waals surface area contributed by atoms with Crippen LogP contribution in [0.5, 0.6) is 0 Å². The Morgan fingerprint density at radius 2 is 1.00 bits per heavy atom. The lowest BCUT2D eigenvalue weighted by Crippen LogP contribution is -2.31. The van der Waals surface area contributed by atoms with Gasteiger partial charge < -0.3 is 12.3 Å². The van der Waals surface area contributed by atoms with E-state index in [0.717, 1.165) is 39.1 Å². The Labute approximate surface area is 172 Å². The second kappa shape index (κ2) is 16.8. The van der Waals surface area contributed by atoms with E-state index in [1.165, 1.54) is 9.76 Å². The predicted octanol–water partition coefficient (Wildman–Crippen LogP) is 1.11. The van der Waals surface area contributed by atoms with Gasteiger partial charge in [0.1, 0.15) is 30.3 Å². The Bertz CT molecular complexity index is 339. The van der Waals surface area contributed by atoms with E-state index in [0.29, 0.717) is 0 Å². The average molecular weight is 469 g/mol. The van der Waals surface area contributed by atoms with Gasteiger partial charge in [-0.05, 0) is 57.4 Å². The van der Waals surface area contributed by atoms with Crippen LogP contribution in [0.4, 0.5) is 0 Å². The molecule has 0 heterocycles. The molecule has 0 aromatic carbocycles. The van der Waals surface area contributed by atoms with Crippen LogP contribution in [-0.2, 0) is 12.3 Å². The van der Waals surface area contributed by atoms with Crippen molar-refractivity contribution in [1.82, 2.24) is 0 Å². The highest BCUT2D eigenvalue weighted by atomic mass is 29.1. The normalized spacial score (nSPS) is 12.2. The fourth-order valence-corrected chi connectivity index (χ4v) is 15.7. The maximum Gasteiger partial charge on any atom is 0.176 e. The number of hydrogen-bond donors (Lipinski definition) is 0. The molecule has 0 aliphatic heterocycles. The Morgan fingerprint density at radius 3 is 1.16 bits per heavy atom. The van der Waals surface area contributed by atoms with Crippen molar-refractivity contribution in [3.63, 3.8) is 0 Å². The molecule has 0 rings (SSSR count). The maximum absolute atomic E-state index is 5.74. The summed E-state index contributed by atoms with van der Waals surface area (Å²) < 4.78 is 16.5. The van der Waals surface area contributed by atoms with Crippen LogP contribution in [0.15, 0.2) is 38.0 Å². The van der Waals surface area contributed by atoms with Crippen LogP contribution in [0.1, 0.15) is 0 Å². The van der Waals surface area contributed by atoms with Crippen molar-refractivity contribution in [2.75, 3.05) is 0 Å². The highest BCUT2D eigenvalue weighted by Gasteiger charge is 2.18. The van der Waals surface area contributed by atoms with Gasteiger partial charge in [-0.2, -0.15) is 0 Å². The zero-order chi connectivity index (χ0) is 20.6. The molecule has 0 aliphatic rings. The summed E-state index contributed by atoms with van der Waals surface area (Å²) in [4.78, 5) is 0. The molecule has 0 aromatic heterocycles. The Morgan fingerprint density at radius 1 is 0.720 bits per heavy atom. The molecule has 0 N–H and O–H groups in total. The van der Waals surface area contributed by atoms with Crippen molar-refractivity contribution in [2.24, 2.45) is 0 Å². The highest BCUT2D eigenvalue weighted by molar-refractivity contribution is 6.91. The Kier molecular flexibility index (Phi) is 20.4. The van der Waals surface area contributed by atoms with E-state index < -0.39 is 25.0 Å². The van der Waals surface area contributed by atoms with Crippen molar-refractivity contribution in [3.8, 4) is 0 Å². The van der Waals surface area contributed by atoms with Crippen molar-refractivity contribution in [1.29, 1.82) is 0 Å². The first kappa shape index (κ1) is 30.3. The topological polar surface area (TPSA) is 27.7 Å². The Balaban J connectivity index is -0.000000291. The summed E-state index contributed by atoms with van der Waals surface area (Å²) in [6, 6.07) is 3.27. The molecular weight excluding hydrogens is 425 g/mol. The van der Waals surface area contributed by atoms with E-state index in [1.54, 1.807) is 0 Å². The first-order valence-corrected chi connectivity index (χ1v) is 26.1. The van der Waals surface area contributed by atoms with Gasteiger partial charge in [0.05, 0.1) is 0 Å². The molecule has 0 aliphatic carbocycles. The lowest BCUT2D eigenvalue weighted by Gasteiger charge is -2.20. The second-order valence-electron chi connectivity index (χ2n) is 7.60. The molecule has 10 heteroatoms. The molecule has 0 spiro atoms. The fraction of sp³-hybridized carbons (Fsp3) is 0.600. The molecular formula is C15H44O3Si7. The molecule has 25 heavy (non-hydrogen) atoms. The van der Waals surface area contributed by atoms with E-state index in [-0.39, 0.29) is 9.28 Å². The Hall–Kier alpha value is 0.618. The summed E-state index contributed by atoms with van der Waals surface area (Å²) in [6.45, 7) is 24.4. The second-order valence-corrected chi connectivity index (χ2v) is 26.1. The van der Waals surface area contributed by atoms with Gasteiger partial charge in [-0.3, -0.25) is 0 Å². The summed E-state index contributed by atoms with van der Waals surface area (Å²) in [5, 5.41) is 0. The number of rotatable bonds is 10. The van der Waals surface area contributed by atoms with Gasteiger partial charge in [-0.15, -0.1) is 19.7 Å². The smallest absolute Gasteiger partial charge is 0.176 e. The lowest BCUT2D eigenvalue weighted by molar-refractivity contribution is 0.607. The minimum absolute atomic E-state index is 0.0577. The van der Waals surface area contributed by atoms with Crippen molar-refractivity contribution in [2.45, 2.75) is 57.4 Å². The van der Waals surface area contributed by atoms with Gasteiger partial charge >= 0.3 is 0 Å². The van der Waals surface area contributed by atoms with Crippen molar-refractivity contribution >= 4 is 65.0 Å². The number of allylic oxidation sites excluding steroid dienone is 3. The maximum atomic E-state index is 5.74. The zero-order valence-electron chi connectivity index (χ0n) is 18.4. The molecule has 0 bridgehead atoms. The molecule has 0 radical (unpaired) electrons. The summed E-state index contributed by atoms with van der Waals surface area (Å²) in [7, 11) is -0.705. The standard InChI is InChI=1S/C5H16OSi3.2C5H14OSi2/c1-4-5-9(2,3)6-8-7;2*1-4-5-8(2,3)6-7/h4H,1,5,8H2,2-3,7H3;2*4H,1,5H2,2-3,7H3. The zero-order valence-corrected chi connectivity index (χ0v) is 28.8. The summed E-state index contributed by atoms with van der Waals surface area (Å²) in [5.41, 5.74) is 0. The van der Waals surface area contributed by atoms with Gasteiger partial charge in [0, 0.05) is 9.76 Å². The largest absolute Gasteiger partial charge is 0.464 e. The third-order valence-corrected chi connectivity index (χ3v) is 23.1. The molecule has 0 aromatic rings. The minimum atomic E-state index is -1.23. The third kappa shape index (κ3) is 24.6. The summed E-state index contributed by atoms with van der Waals surface area (Å²) in [6.07, 6.45) is 5.88. The predicted molar refractivity (Wildman–Crippen MR) is 139 cm³/mol. The molecule has 0 fully saturated rings. The van der Waals surface area contributed by atoms with Gasteiger partial charge in [0.15, 0.2) is 25.0 Å². The van der Waals surface area contributed by atoms with Gasteiger partial charge in [0.2, 0.25) is 0 Å². The van der Waals surface area contributed by atoms with Crippen molar-refractivity contribution in [3.05, 3.63) is 38.0 Å². The van der Waals surface area contributed by atoms with E-state index >= 15 is 0 Å². The molecule has 0 atom stereocenters. The van der Waals surface area contributed by atoms with Crippen LogP contribution in [0.2, 0.25) is 57.4 Å². The first-order valence-electron chi connectivity index (χ1n) is 8.93. The highest BCUT2D eigenvalue weighted by Crippen LogP contribution is 2.09. The molecule has 0 saturated carbocycles. The van der Waals surface area contributed by atoms with E-state index in [1.807, 2.05) is 18.2 Å². The quantitative estimate of drug-likeness (QED) is 0.355. The van der Waals surface area contributed by atoms with E-state index in [9.17, 15) is 0 Å². The summed E-state index contributed by atoms with van der Waals surface area (Å²) in [5.74, 6) is 0. The van der Waals surface area contributed by atoms with Crippen LogP contribution in [0.3, 0.4) is 0 Å². The number of hydrogen-bond acceptors (Lipinski definition) is 3. The van der Waals surface area contributed by atoms with E-state index in [4.69, 9.17) is 12.3 Å². The van der Waals surface area contributed by atoms with Crippen LogP contribution in [0.25, 0.3) is 0 Å².